The maximum absolute atomic E-state index is 12.9. The van der Waals surface area contributed by atoms with E-state index in [9.17, 15) is 9.18 Å². The second-order valence-corrected chi connectivity index (χ2v) is 7.35. The van der Waals surface area contributed by atoms with Crippen molar-refractivity contribution >= 4 is 45.0 Å². The Bertz CT molecular complexity index is 1080. The molecule has 0 unspecified atom stereocenters. The van der Waals surface area contributed by atoms with Crippen LogP contribution in [0, 0.1) is 5.82 Å². The number of anilines is 1. The molecule has 1 N–H and O–H groups in total. The molecule has 6 nitrogen and oxygen atoms in total. The van der Waals surface area contributed by atoms with E-state index in [0.717, 1.165) is 15.9 Å². The molecule has 0 aliphatic carbocycles. The van der Waals surface area contributed by atoms with Gasteiger partial charge in [0.2, 0.25) is 5.13 Å². The molecule has 2 aromatic carbocycles. The average Bonchev–Trinajstić information content (AvgIpc) is 3.09. The second-order valence-electron chi connectivity index (χ2n) is 5.13. The van der Waals surface area contributed by atoms with Gasteiger partial charge in [0.05, 0.1) is 5.52 Å². The molecule has 0 saturated heterocycles. The summed E-state index contributed by atoms with van der Waals surface area (Å²) in [6.07, 6.45) is 1.50. The van der Waals surface area contributed by atoms with Crippen molar-refractivity contribution in [3.8, 4) is 0 Å². The normalized spacial score (nSPS) is 10.8. The summed E-state index contributed by atoms with van der Waals surface area (Å²) in [6, 6.07) is 13.0. The van der Waals surface area contributed by atoms with Crippen molar-refractivity contribution in [3.05, 3.63) is 66.2 Å². The molecule has 0 atom stereocenters. The molecule has 4 rings (SSSR count). The van der Waals surface area contributed by atoms with E-state index in [-0.39, 0.29) is 5.91 Å². The number of hydrogen-bond donors (Lipinski definition) is 1. The van der Waals surface area contributed by atoms with Crippen molar-refractivity contribution < 1.29 is 9.18 Å². The third kappa shape index (κ3) is 3.53. The van der Waals surface area contributed by atoms with Crippen LogP contribution in [0.15, 0.2) is 64.2 Å². The Morgan fingerprint density at radius 3 is 2.69 bits per heavy atom. The van der Waals surface area contributed by atoms with Gasteiger partial charge in [-0.25, -0.2) is 14.4 Å². The lowest BCUT2D eigenvalue weighted by Gasteiger charge is -2.01. The number of halogens is 1. The van der Waals surface area contributed by atoms with E-state index in [4.69, 9.17) is 0 Å². The second kappa shape index (κ2) is 7.14. The van der Waals surface area contributed by atoms with Gasteiger partial charge in [0, 0.05) is 10.9 Å². The molecule has 4 aromatic rings. The fraction of sp³-hybridized carbons (Fsp3) is 0. The Morgan fingerprint density at radius 1 is 1.04 bits per heavy atom. The van der Waals surface area contributed by atoms with Crippen molar-refractivity contribution in [2.24, 2.45) is 0 Å². The summed E-state index contributed by atoms with van der Waals surface area (Å²) in [5.74, 6) is -0.765. The van der Waals surface area contributed by atoms with Crippen molar-refractivity contribution in [2.75, 3.05) is 5.32 Å². The van der Waals surface area contributed by atoms with E-state index in [2.05, 4.69) is 25.5 Å². The zero-order valence-electron chi connectivity index (χ0n) is 13.1. The number of hydrogen-bond acceptors (Lipinski definition) is 7. The standard InChI is InChI=1S/C17H10FN5OS2/c18-11-7-5-10(6-8-11)14(24)21-16-22-23-17(26-16)25-15-12-3-1-2-4-13(12)19-9-20-15/h1-9H,(H,21,22,24). The van der Waals surface area contributed by atoms with Crippen LogP contribution in [0.25, 0.3) is 10.9 Å². The zero-order valence-corrected chi connectivity index (χ0v) is 14.7. The van der Waals surface area contributed by atoms with Gasteiger partial charge in [0.1, 0.15) is 17.2 Å². The molecular weight excluding hydrogens is 373 g/mol. The molecule has 0 fully saturated rings. The van der Waals surface area contributed by atoms with Crippen molar-refractivity contribution in [2.45, 2.75) is 9.37 Å². The first kappa shape index (κ1) is 16.6. The molecule has 0 aliphatic rings. The summed E-state index contributed by atoms with van der Waals surface area (Å²) in [4.78, 5) is 20.7. The predicted molar refractivity (Wildman–Crippen MR) is 97.9 cm³/mol. The zero-order chi connectivity index (χ0) is 17.9. The minimum absolute atomic E-state index is 0.345. The van der Waals surface area contributed by atoms with E-state index in [1.165, 1.54) is 53.7 Å². The van der Waals surface area contributed by atoms with Crippen LogP contribution in [0.5, 0.6) is 0 Å². The largest absolute Gasteiger partial charge is 0.296 e. The van der Waals surface area contributed by atoms with Crippen LogP contribution in [0.1, 0.15) is 10.4 Å². The van der Waals surface area contributed by atoms with Gasteiger partial charge in [0.15, 0.2) is 4.34 Å². The lowest BCUT2D eigenvalue weighted by molar-refractivity contribution is 0.102. The number of nitrogens with zero attached hydrogens (tertiary/aromatic N) is 4. The van der Waals surface area contributed by atoms with Crippen molar-refractivity contribution in [1.29, 1.82) is 0 Å². The number of fused-ring (bicyclic) bond motifs is 1. The molecule has 26 heavy (non-hydrogen) atoms. The summed E-state index contributed by atoms with van der Waals surface area (Å²) in [5, 5.41) is 12.8. The molecule has 0 saturated carbocycles. The van der Waals surface area contributed by atoms with Gasteiger partial charge in [-0.3, -0.25) is 10.1 Å². The third-order valence-electron chi connectivity index (χ3n) is 3.42. The lowest BCUT2D eigenvalue weighted by atomic mass is 10.2. The van der Waals surface area contributed by atoms with Gasteiger partial charge >= 0.3 is 0 Å². The monoisotopic (exact) mass is 383 g/mol. The van der Waals surface area contributed by atoms with Gasteiger partial charge in [-0.2, -0.15) is 0 Å². The van der Waals surface area contributed by atoms with Crippen LogP contribution in [0.3, 0.4) is 0 Å². The van der Waals surface area contributed by atoms with Crippen LogP contribution >= 0.6 is 23.1 Å². The maximum atomic E-state index is 12.9. The van der Waals surface area contributed by atoms with Crippen LogP contribution in [0.4, 0.5) is 9.52 Å². The molecule has 1 amide bonds. The molecule has 2 aromatic heterocycles. The van der Waals surface area contributed by atoms with Gasteiger partial charge in [-0.15, -0.1) is 10.2 Å². The van der Waals surface area contributed by atoms with Gasteiger partial charge in [-0.1, -0.05) is 29.5 Å². The molecule has 0 spiro atoms. The minimum Gasteiger partial charge on any atom is -0.296 e. The van der Waals surface area contributed by atoms with Crippen LogP contribution in [0.2, 0.25) is 0 Å². The highest BCUT2D eigenvalue weighted by Gasteiger charge is 2.13. The van der Waals surface area contributed by atoms with E-state index < -0.39 is 5.82 Å². The number of nitrogens with one attached hydrogen (secondary N) is 1. The fourth-order valence-electron chi connectivity index (χ4n) is 2.22. The summed E-state index contributed by atoms with van der Waals surface area (Å²) in [6.45, 7) is 0. The van der Waals surface area contributed by atoms with E-state index >= 15 is 0 Å². The van der Waals surface area contributed by atoms with Crippen LogP contribution in [-0.2, 0) is 0 Å². The summed E-state index contributed by atoms with van der Waals surface area (Å²) < 4.78 is 13.6. The first-order valence-electron chi connectivity index (χ1n) is 7.47. The smallest absolute Gasteiger partial charge is 0.257 e. The topological polar surface area (TPSA) is 80.7 Å². The molecule has 0 radical (unpaired) electrons. The molecule has 0 bridgehead atoms. The summed E-state index contributed by atoms with van der Waals surface area (Å²) >= 11 is 2.59. The van der Waals surface area contributed by atoms with E-state index in [1.54, 1.807) is 0 Å². The molecule has 0 aliphatic heterocycles. The van der Waals surface area contributed by atoms with Gasteiger partial charge in [0.25, 0.3) is 5.91 Å². The Morgan fingerprint density at radius 2 is 1.85 bits per heavy atom. The summed E-state index contributed by atoms with van der Waals surface area (Å²) in [5.41, 5.74) is 1.19. The number of para-hydroxylation sites is 1. The lowest BCUT2D eigenvalue weighted by Crippen LogP contribution is -2.11. The van der Waals surface area contributed by atoms with Crippen molar-refractivity contribution in [3.63, 3.8) is 0 Å². The number of carbonyl (C=O) groups excluding carboxylic acids is 1. The van der Waals surface area contributed by atoms with E-state index in [1.807, 2.05) is 24.3 Å². The fourth-order valence-corrected chi connectivity index (χ4v) is 3.96. The highest BCUT2D eigenvalue weighted by Crippen LogP contribution is 2.34. The van der Waals surface area contributed by atoms with Crippen LogP contribution in [-0.4, -0.2) is 26.1 Å². The highest BCUT2D eigenvalue weighted by molar-refractivity contribution is 8.01. The van der Waals surface area contributed by atoms with Gasteiger partial charge in [-0.05, 0) is 42.1 Å². The summed E-state index contributed by atoms with van der Waals surface area (Å²) in [7, 11) is 0. The van der Waals surface area contributed by atoms with Gasteiger partial charge < -0.3 is 0 Å². The number of rotatable bonds is 4. The SMILES string of the molecule is O=C(Nc1nnc(Sc2ncnc3ccccc23)s1)c1ccc(F)cc1. The molecular formula is C17H10FN5OS2. The minimum atomic E-state index is -0.395. The Balaban J connectivity index is 1.51. The Kier molecular flexibility index (Phi) is 4.55. The number of benzene rings is 2. The number of aromatic nitrogens is 4. The maximum Gasteiger partial charge on any atom is 0.257 e. The third-order valence-corrected chi connectivity index (χ3v) is 5.33. The first-order valence-corrected chi connectivity index (χ1v) is 9.10. The first-order chi connectivity index (χ1) is 12.7. The van der Waals surface area contributed by atoms with Crippen molar-refractivity contribution in [1.82, 2.24) is 20.2 Å². The quantitative estimate of drug-likeness (QED) is 0.423. The molecule has 2 heterocycles. The molecule has 128 valence electrons. The van der Waals surface area contributed by atoms with E-state index in [0.29, 0.717) is 15.0 Å². The predicted octanol–water partition coefficient (Wildman–Crippen LogP) is 4.02. The Labute approximate surface area is 155 Å². The van der Waals surface area contributed by atoms with Crippen LogP contribution < -0.4 is 5.32 Å². The number of carbonyl (C=O) groups is 1. The number of amides is 1. The highest BCUT2D eigenvalue weighted by atomic mass is 32.2. The average molecular weight is 383 g/mol. The molecule has 9 heteroatoms. The Hall–Kier alpha value is -2.91.